The Kier molecular flexibility index (Phi) is 3.42. The normalized spacial score (nSPS) is 31.1. The summed E-state index contributed by atoms with van der Waals surface area (Å²) in [5, 5.41) is 3.28. The van der Waals surface area contributed by atoms with Gasteiger partial charge in [0.15, 0.2) is 0 Å². The van der Waals surface area contributed by atoms with Crippen LogP contribution in [-0.2, 0) is 4.57 Å². The molecule has 1 aliphatic heterocycles. The van der Waals surface area contributed by atoms with E-state index in [1.165, 1.54) is 12.8 Å². The summed E-state index contributed by atoms with van der Waals surface area (Å²) in [5.41, 5.74) is 0.934. The quantitative estimate of drug-likeness (QED) is 0.842. The van der Waals surface area contributed by atoms with Crippen LogP contribution < -0.4 is 5.09 Å². The summed E-state index contributed by atoms with van der Waals surface area (Å²) in [6.45, 7) is 0. The Labute approximate surface area is 115 Å². The molecule has 2 fully saturated rings. The van der Waals surface area contributed by atoms with Crippen LogP contribution in [-0.4, -0.2) is 35.5 Å². The molecule has 0 bridgehead atoms. The zero-order valence-corrected chi connectivity index (χ0v) is 12.5. The molecule has 1 aromatic rings. The summed E-state index contributed by atoms with van der Waals surface area (Å²) in [7, 11) is 1.34. The predicted octanol–water partition coefficient (Wildman–Crippen LogP) is 3.40. The minimum absolute atomic E-state index is 0.431. The first kappa shape index (κ1) is 13.2. The molecular weight excluding hydrogens is 257 g/mol. The summed E-state index contributed by atoms with van der Waals surface area (Å²) in [6, 6.07) is 10.7. The number of fused-ring (bicyclic) bond motifs is 1. The second-order valence-electron chi connectivity index (χ2n) is 5.59. The molecule has 0 spiro atoms. The van der Waals surface area contributed by atoms with E-state index in [1.807, 2.05) is 44.4 Å². The van der Waals surface area contributed by atoms with Gasteiger partial charge in [-0.3, -0.25) is 4.57 Å². The molecule has 2 atom stereocenters. The number of para-hydroxylation sites is 1. The molecule has 2 aliphatic rings. The Morgan fingerprint density at radius 1 is 1.05 bits per heavy atom. The van der Waals surface area contributed by atoms with Gasteiger partial charge in [0.2, 0.25) is 0 Å². The molecule has 1 heterocycles. The van der Waals surface area contributed by atoms with Crippen molar-refractivity contribution < 1.29 is 4.57 Å². The van der Waals surface area contributed by atoms with Crippen molar-refractivity contribution in [3.05, 3.63) is 30.3 Å². The van der Waals surface area contributed by atoms with Crippen molar-refractivity contribution >= 4 is 13.3 Å². The van der Waals surface area contributed by atoms with E-state index < -0.39 is 7.59 Å². The minimum Gasteiger partial charge on any atom is -0.313 e. The van der Waals surface area contributed by atoms with Gasteiger partial charge in [-0.25, -0.2) is 9.34 Å². The van der Waals surface area contributed by atoms with E-state index >= 15 is 0 Å². The van der Waals surface area contributed by atoms with E-state index in [0.29, 0.717) is 12.1 Å². The SMILES string of the molecule is CN1[C@@H]2CCCC[C@H]2N(C)P1(=O)Nc1ccccc1. The van der Waals surface area contributed by atoms with Crippen LogP contribution in [0.25, 0.3) is 0 Å². The molecule has 1 N–H and O–H groups in total. The number of nitrogens with zero attached hydrogens (tertiary/aromatic N) is 2. The van der Waals surface area contributed by atoms with Gasteiger partial charge >= 0.3 is 7.59 Å². The van der Waals surface area contributed by atoms with Gasteiger partial charge in [0.25, 0.3) is 0 Å². The highest BCUT2D eigenvalue weighted by molar-refractivity contribution is 7.60. The summed E-state index contributed by atoms with van der Waals surface area (Å²) in [4.78, 5) is 0. The van der Waals surface area contributed by atoms with Gasteiger partial charge in [0.1, 0.15) is 0 Å². The molecule has 0 unspecified atom stereocenters. The lowest BCUT2D eigenvalue weighted by atomic mass is 9.91. The molecule has 19 heavy (non-hydrogen) atoms. The van der Waals surface area contributed by atoms with E-state index in [2.05, 4.69) is 14.4 Å². The van der Waals surface area contributed by atoms with Gasteiger partial charge in [-0.15, -0.1) is 0 Å². The molecule has 3 rings (SSSR count). The van der Waals surface area contributed by atoms with E-state index in [1.54, 1.807) is 0 Å². The summed E-state index contributed by atoms with van der Waals surface area (Å²) >= 11 is 0. The molecule has 0 radical (unpaired) electrons. The molecular formula is C14H22N3OP. The number of benzene rings is 1. The fourth-order valence-electron chi connectivity index (χ4n) is 3.43. The third-order valence-electron chi connectivity index (χ3n) is 4.56. The highest BCUT2D eigenvalue weighted by atomic mass is 31.2. The largest absolute Gasteiger partial charge is 0.313 e. The predicted molar refractivity (Wildman–Crippen MR) is 79.2 cm³/mol. The molecule has 0 aromatic heterocycles. The van der Waals surface area contributed by atoms with Crippen molar-refractivity contribution in [2.24, 2.45) is 0 Å². The smallest absolute Gasteiger partial charge is 0.308 e. The van der Waals surface area contributed by atoms with Crippen LogP contribution in [0.1, 0.15) is 25.7 Å². The molecule has 1 aliphatic carbocycles. The maximum absolute atomic E-state index is 13.4. The average molecular weight is 279 g/mol. The second kappa shape index (κ2) is 4.93. The van der Waals surface area contributed by atoms with E-state index in [-0.39, 0.29) is 0 Å². The van der Waals surface area contributed by atoms with E-state index in [9.17, 15) is 4.57 Å². The maximum atomic E-state index is 13.4. The lowest BCUT2D eigenvalue weighted by molar-refractivity contribution is 0.233. The Morgan fingerprint density at radius 3 is 2.11 bits per heavy atom. The highest BCUT2D eigenvalue weighted by Gasteiger charge is 2.51. The van der Waals surface area contributed by atoms with Gasteiger partial charge in [0, 0.05) is 17.8 Å². The van der Waals surface area contributed by atoms with Crippen LogP contribution in [0.2, 0.25) is 0 Å². The van der Waals surface area contributed by atoms with Gasteiger partial charge < -0.3 is 5.09 Å². The van der Waals surface area contributed by atoms with E-state index in [4.69, 9.17) is 0 Å². The van der Waals surface area contributed by atoms with Crippen LogP contribution in [0.5, 0.6) is 0 Å². The first-order valence-corrected chi connectivity index (χ1v) is 8.64. The number of likely N-dealkylation sites (N-methyl/N-ethyl adjacent to an activating group) is 2. The van der Waals surface area contributed by atoms with Crippen molar-refractivity contribution in [1.29, 1.82) is 0 Å². The van der Waals surface area contributed by atoms with E-state index in [0.717, 1.165) is 18.5 Å². The summed E-state index contributed by atoms with van der Waals surface area (Å²) in [6.07, 6.45) is 4.83. The molecule has 1 saturated heterocycles. The third-order valence-corrected chi connectivity index (χ3v) is 7.41. The van der Waals surface area contributed by atoms with Crippen molar-refractivity contribution in [2.75, 3.05) is 19.2 Å². The van der Waals surface area contributed by atoms with Gasteiger partial charge in [-0.1, -0.05) is 31.0 Å². The fraction of sp³-hybridized carbons (Fsp3) is 0.571. The monoisotopic (exact) mass is 279 g/mol. The number of nitrogens with one attached hydrogen (secondary N) is 1. The van der Waals surface area contributed by atoms with Gasteiger partial charge in [-0.2, -0.15) is 0 Å². The van der Waals surface area contributed by atoms with Crippen molar-refractivity contribution in [3.63, 3.8) is 0 Å². The van der Waals surface area contributed by atoms with Crippen LogP contribution >= 0.6 is 7.59 Å². The summed E-state index contributed by atoms with van der Waals surface area (Å²) in [5.74, 6) is 0. The Balaban J connectivity index is 1.88. The third kappa shape index (κ3) is 2.12. The standard InChI is InChI=1S/C14H22N3OP/c1-16-13-10-6-7-11-14(13)17(2)19(16,18)15-12-8-4-3-5-9-12/h3-5,8-9,13-14H,6-7,10-11H2,1-2H3,(H,15,18)/t13-,14-/m1/s1. The second-order valence-corrected chi connectivity index (χ2v) is 8.16. The number of rotatable bonds is 2. The molecule has 1 saturated carbocycles. The lowest BCUT2D eigenvalue weighted by Crippen LogP contribution is -2.37. The molecule has 104 valence electrons. The number of hydrogen-bond donors (Lipinski definition) is 1. The van der Waals surface area contributed by atoms with Crippen molar-refractivity contribution in [2.45, 2.75) is 37.8 Å². The fourth-order valence-corrected chi connectivity index (χ4v) is 6.02. The lowest BCUT2D eigenvalue weighted by Gasteiger charge is -2.28. The van der Waals surface area contributed by atoms with Gasteiger partial charge in [-0.05, 0) is 39.1 Å². The topological polar surface area (TPSA) is 35.6 Å². The first-order valence-electron chi connectivity index (χ1n) is 7.03. The minimum atomic E-state index is -2.66. The first-order chi connectivity index (χ1) is 9.13. The molecule has 1 aromatic carbocycles. The Hall–Kier alpha value is -0.830. The Bertz CT molecular complexity index is 471. The zero-order chi connectivity index (χ0) is 13.5. The molecule has 5 heteroatoms. The van der Waals surface area contributed by atoms with Crippen LogP contribution in [0.4, 0.5) is 5.69 Å². The van der Waals surface area contributed by atoms with Crippen LogP contribution in [0.3, 0.4) is 0 Å². The van der Waals surface area contributed by atoms with Crippen molar-refractivity contribution in [1.82, 2.24) is 9.34 Å². The number of anilines is 1. The van der Waals surface area contributed by atoms with Crippen molar-refractivity contribution in [3.8, 4) is 0 Å². The van der Waals surface area contributed by atoms with Crippen LogP contribution in [0, 0.1) is 0 Å². The highest BCUT2D eigenvalue weighted by Crippen LogP contribution is 2.61. The molecule has 4 nitrogen and oxygen atoms in total. The maximum Gasteiger partial charge on any atom is 0.308 e. The molecule has 0 amide bonds. The number of hydrogen-bond acceptors (Lipinski definition) is 1. The van der Waals surface area contributed by atoms with Gasteiger partial charge in [0.05, 0.1) is 0 Å². The average Bonchev–Trinajstić information content (AvgIpc) is 2.63. The summed E-state index contributed by atoms with van der Waals surface area (Å²) < 4.78 is 17.5. The van der Waals surface area contributed by atoms with Crippen LogP contribution in [0.15, 0.2) is 30.3 Å². The zero-order valence-electron chi connectivity index (χ0n) is 11.6. The Morgan fingerprint density at radius 2 is 1.58 bits per heavy atom.